The van der Waals surface area contributed by atoms with Gasteiger partial charge < -0.3 is 9.84 Å². The molecule has 3 rings (SSSR count). The third kappa shape index (κ3) is 4.95. The minimum absolute atomic E-state index is 0.0898. The van der Waals surface area contributed by atoms with Crippen LogP contribution in [0.3, 0.4) is 0 Å². The Morgan fingerprint density at radius 1 is 1.00 bits per heavy atom. The number of rotatable bonds is 7. The van der Waals surface area contributed by atoms with Crippen LogP contribution >= 0.6 is 0 Å². The largest absolute Gasteiger partial charge is 0.504 e. The van der Waals surface area contributed by atoms with Crippen LogP contribution in [0.2, 0.25) is 0 Å². The number of amides is 1. The third-order valence-electron chi connectivity index (χ3n) is 4.07. The van der Waals surface area contributed by atoms with Crippen LogP contribution in [0.4, 0.5) is 5.69 Å². The van der Waals surface area contributed by atoms with E-state index >= 15 is 0 Å². The predicted molar refractivity (Wildman–Crippen MR) is 113 cm³/mol. The fourth-order valence-electron chi connectivity index (χ4n) is 2.54. The monoisotopic (exact) mass is 425 g/mol. The number of phenolic OH excluding ortho intramolecular Hbond substituents is 1. The Hall–Kier alpha value is -3.85. The van der Waals surface area contributed by atoms with E-state index in [1.54, 1.807) is 36.4 Å². The van der Waals surface area contributed by atoms with E-state index < -0.39 is 15.9 Å². The molecule has 3 aromatic rings. The molecule has 0 heterocycles. The van der Waals surface area contributed by atoms with Gasteiger partial charge >= 0.3 is 0 Å². The van der Waals surface area contributed by atoms with E-state index in [1.165, 1.54) is 49.7 Å². The molecule has 30 heavy (non-hydrogen) atoms. The topological polar surface area (TPSA) is 117 Å². The van der Waals surface area contributed by atoms with Crippen LogP contribution in [0.15, 0.2) is 82.8 Å². The summed E-state index contributed by atoms with van der Waals surface area (Å²) in [6.07, 6.45) is 1.29. The van der Waals surface area contributed by atoms with Crippen LogP contribution in [0.25, 0.3) is 0 Å². The normalized spacial score (nSPS) is 11.2. The number of hydrogen-bond acceptors (Lipinski definition) is 6. The lowest BCUT2D eigenvalue weighted by molar-refractivity contribution is 0.0955. The fourth-order valence-corrected chi connectivity index (χ4v) is 3.62. The molecular weight excluding hydrogens is 406 g/mol. The summed E-state index contributed by atoms with van der Waals surface area (Å²) in [6.45, 7) is 0. The first-order valence-corrected chi connectivity index (χ1v) is 10.3. The van der Waals surface area contributed by atoms with Crippen LogP contribution in [0.5, 0.6) is 11.5 Å². The van der Waals surface area contributed by atoms with Gasteiger partial charge in [0.05, 0.1) is 18.2 Å². The van der Waals surface area contributed by atoms with Crippen molar-refractivity contribution in [3.8, 4) is 11.5 Å². The van der Waals surface area contributed by atoms with Gasteiger partial charge in [-0.25, -0.2) is 13.8 Å². The lowest BCUT2D eigenvalue weighted by Gasteiger charge is -2.08. The summed E-state index contributed by atoms with van der Waals surface area (Å²) in [7, 11) is -2.28. The first kappa shape index (κ1) is 20.9. The number of ether oxygens (including phenoxy) is 1. The van der Waals surface area contributed by atoms with Gasteiger partial charge in [0.2, 0.25) is 0 Å². The molecule has 3 aromatic carbocycles. The molecule has 0 spiro atoms. The number of para-hydroxylation sites is 1. The van der Waals surface area contributed by atoms with Gasteiger partial charge in [0, 0.05) is 16.8 Å². The Morgan fingerprint density at radius 2 is 1.70 bits per heavy atom. The van der Waals surface area contributed by atoms with E-state index in [-0.39, 0.29) is 16.2 Å². The van der Waals surface area contributed by atoms with Crippen molar-refractivity contribution in [3.05, 3.63) is 83.9 Å². The quantitative estimate of drug-likeness (QED) is 0.397. The van der Waals surface area contributed by atoms with Gasteiger partial charge in [0.25, 0.3) is 15.9 Å². The summed E-state index contributed by atoms with van der Waals surface area (Å²) >= 11 is 0. The number of hydrogen-bond donors (Lipinski definition) is 3. The molecular formula is C21H19N3O5S. The molecule has 1 amide bonds. The summed E-state index contributed by atoms with van der Waals surface area (Å²) < 4.78 is 32.1. The Labute approximate surface area is 173 Å². The van der Waals surface area contributed by atoms with Gasteiger partial charge in [0.15, 0.2) is 11.5 Å². The SMILES string of the molecule is COc1cccc(/C=N/NC(=O)c2ccc(NS(=O)(=O)c3ccccc3)cc2)c1O. The van der Waals surface area contributed by atoms with Crippen molar-refractivity contribution in [3.63, 3.8) is 0 Å². The van der Waals surface area contributed by atoms with Crippen LogP contribution < -0.4 is 14.9 Å². The highest BCUT2D eigenvalue weighted by Gasteiger charge is 2.14. The number of aromatic hydroxyl groups is 1. The second-order valence-corrected chi connectivity index (χ2v) is 7.78. The van der Waals surface area contributed by atoms with Crippen molar-refractivity contribution in [1.29, 1.82) is 0 Å². The second kappa shape index (κ2) is 9.10. The predicted octanol–water partition coefficient (Wildman–Crippen LogP) is 2.97. The smallest absolute Gasteiger partial charge is 0.271 e. The second-order valence-electron chi connectivity index (χ2n) is 6.09. The first-order chi connectivity index (χ1) is 14.4. The Balaban J connectivity index is 1.64. The summed E-state index contributed by atoms with van der Waals surface area (Å²) in [4.78, 5) is 12.4. The average molecular weight is 425 g/mol. The van der Waals surface area contributed by atoms with Crippen LogP contribution in [0, 0.1) is 0 Å². The number of benzene rings is 3. The number of methoxy groups -OCH3 is 1. The number of carbonyl (C=O) groups excluding carboxylic acids is 1. The molecule has 154 valence electrons. The van der Waals surface area contributed by atoms with E-state index in [0.29, 0.717) is 17.0 Å². The van der Waals surface area contributed by atoms with Crippen molar-refractivity contribution in [2.75, 3.05) is 11.8 Å². The lowest BCUT2D eigenvalue weighted by Crippen LogP contribution is -2.18. The number of carbonyl (C=O) groups is 1. The van der Waals surface area contributed by atoms with Crippen molar-refractivity contribution in [1.82, 2.24) is 5.43 Å². The molecule has 0 aliphatic heterocycles. The maximum absolute atomic E-state index is 12.3. The molecule has 0 bridgehead atoms. The number of nitrogens with one attached hydrogen (secondary N) is 2. The molecule has 0 aliphatic carbocycles. The highest BCUT2D eigenvalue weighted by atomic mass is 32.2. The summed E-state index contributed by atoms with van der Waals surface area (Å²) in [5.41, 5.74) is 3.32. The van der Waals surface area contributed by atoms with Crippen LogP contribution in [0.1, 0.15) is 15.9 Å². The molecule has 0 saturated heterocycles. The molecule has 0 aliphatic rings. The standard InChI is InChI=1S/C21H19N3O5S/c1-29-19-9-5-6-16(20(19)25)14-22-23-21(26)15-10-12-17(13-11-15)24-30(27,28)18-7-3-2-4-8-18/h2-14,24-25H,1H3,(H,23,26)/b22-14+. The minimum atomic E-state index is -3.71. The van der Waals surface area contributed by atoms with Crippen molar-refractivity contribution < 1.29 is 23.1 Å². The molecule has 8 nitrogen and oxygen atoms in total. The zero-order chi connectivity index (χ0) is 21.6. The zero-order valence-electron chi connectivity index (χ0n) is 15.9. The van der Waals surface area contributed by atoms with Gasteiger partial charge in [-0.1, -0.05) is 24.3 Å². The molecule has 0 fully saturated rings. The van der Waals surface area contributed by atoms with Gasteiger partial charge in [-0.15, -0.1) is 0 Å². The van der Waals surface area contributed by atoms with E-state index in [4.69, 9.17) is 4.74 Å². The number of nitrogens with zero attached hydrogens (tertiary/aromatic N) is 1. The summed E-state index contributed by atoms with van der Waals surface area (Å²) in [5, 5.41) is 13.8. The third-order valence-corrected chi connectivity index (χ3v) is 5.47. The average Bonchev–Trinajstić information content (AvgIpc) is 2.76. The van der Waals surface area contributed by atoms with Gasteiger partial charge in [-0.2, -0.15) is 5.10 Å². The Morgan fingerprint density at radius 3 is 2.37 bits per heavy atom. The Bertz CT molecular complexity index is 1160. The van der Waals surface area contributed by atoms with Crippen LogP contribution in [-0.2, 0) is 10.0 Å². The lowest BCUT2D eigenvalue weighted by atomic mass is 10.2. The molecule has 0 atom stereocenters. The Kier molecular flexibility index (Phi) is 6.33. The van der Waals surface area contributed by atoms with Gasteiger partial charge in [-0.05, 0) is 48.5 Å². The van der Waals surface area contributed by atoms with E-state index in [1.807, 2.05) is 0 Å². The molecule has 0 saturated carbocycles. The molecule has 0 aromatic heterocycles. The number of anilines is 1. The van der Waals surface area contributed by atoms with E-state index in [0.717, 1.165) is 0 Å². The zero-order valence-corrected chi connectivity index (χ0v) is 16.8. The summed E-state index contributed by atoms with van der Waals surface area (Å²) in [6, 6.07) is 18.8. The minimum Gasteiger partial charge on any atom is -0.504 e. The molecule has 0 radical (unpaired) electrons. The molecule has 0 unspecified atom stereocenters. The van der Waals surface area contributed by atoms with Crippen molar-refractivity contribution in [2.45, 2.75) is 4.90 Å². The van der Waals surface area contributed by atoms with Gasteiger partial charge in [0.1, 0.15) is 0 Å². The molecule has 9 heteroatoms. The highest BCUT2D eigenvalue weighted by Crippen LogP contribution is 2.27. The number of hydrazone groups is 1. The fraction of sp³-hybridized carbons (Fsp3) is 0.0476. The first-order valence-electron chi connectivity index (χ1n) is 8.78. The number of sulfonamides is 1. The maximum Gasteiger partial charge on any atom is 0.271 e. The summed E-state index contributed by atoms with van der Waals surface area (Å²) in [5.74, 6) is -0.294. The van der Waals surface area contributed by atoms with Crippen LogP contribution in [-0.4, -0.2) is 32.8 Å². The van der Waals surface area contributed by atoms with Gasteiger partial charge in [-0.3, -0.25) is 9.52 Å². The van der Waals surface area contributed by atoms with E-state index in [9.17, 15) is 18.3 Å². The van der Waals surface area contributed by atoms with E-state index in [2.05, 4.69) is 15.2 Å². The molecule has 3 N–H and O–H groups in total. The number of phenols is 1. The van der Waals surface area contributed by atoms with Crippen molar-refractivity contribution >= 4 is 27.8 Å². The highest BCUT2D eigenvalue weighted by molar-refractivity contribution is 7.92. The van der Waals surface area contributed by atoms with Crippen molar-refractivity contribution in [2.24, 2.45) is 5.10 Å². The maximum atomic E-state index is 12.3.